The van der Waals surface area contributed by atoms with Crippen LogP contribution in [0.5, 0.6) is 0 Å². The van der Waals surface area contributed by atoms with E-state index in [0.29, 0.717) is 12.8 Å². The van der Waals surface area contributed by atoms with E-state index in [1.807, 2.05) is 6.08 Å². The van der Waals surface area contributed by atoms with Crippen LogP contribution in [0.4, 0.5) is 0 Å². The number of hydrogen-bond acceptors (Lipinski definition) is 8. The molecular weight excluding hydrogens is 924 g/mol. The summed E-state index contributed by atoms with van der Waals surface area (Å²) in [7, 11) is -1.92. The van der Waals surface area contributed by atoms with Gasteiger partial charge in [0.1, 0.15) is 0 Å². The van der Waals surface area contributed by atoms with E-state index in [2.05, 4.69) is 94.6 Å². The van der Waals surface area contributed by atoms with Crippen LogP contribution in [-0.4, -0.2) is 79.7 Å². The van der Waals surface area contributed by atoms with Crippen molar-refractivity contribution in [3.63, 3.8) is 0 Å². The van der Waals surface area contributed by atoms with Crippen molar-refractivity contribution in [2.75, 3.05) is 14.2 Å². The molecule has 0 rings (SSSR count). The molecule has 0 saturated heterocycles. The summed E-state index contributed by atoms with van der Waals surface area (Å²) in [5, 5.41) is 0. The molecule has 0 fully saturated rings. The molecule has 312 valence electrons. The van der Waals surface area contributed by atoms with Gasteiger partial charge in [0.15, 0.2) is 16.6 Å². The molecule has 0 saturated carbocycles. The minimum Gasteiger partial charge on any atom is -0.469 e. The molecule has 15 heteroatoms. The second-order valence-electron chi connectivity index (χ2n) is 16.7. The summed E-state index contributed by atoms with van der Waals surface area (Å²) < 4.78 is 31.1. The summed E-state index contributed by atoms with van der Waals surface area (Å²) in [5.74, 6) is -0.154. The van der Waals surface area contributed by atoms with Gasteiger partial charge in [-0.1, -0.05) is 82.7 Å². The number of allylic oxidation sites excluding steroid dienone is 1. The fourth-order valence-corrected chi connectivity index (χ4v) is 9.78. The molecule has 0 aliphatic carbocycles. The molecule has 0 bridgehead atoms. The van der Waals surface area contributed by atoms with Crippen LogP contribution in [0.3, 0.4) is 0 Å². The van der Waals surface area contributed by atoms with Gasteiger partial charge in [0.05, 0.1) is 14.2 Å². The van der Waals surface area contributed by atoms with E-state index in [1.165, 1.54) is 101 Å². The molecule has 0 heterocycles. The summed E-state index contributed by atoms with van der Waals surface area (Å²) in [6.45, 7) is 29.6. The normalized spacial score (nSPS) is 11.4. The van der Waals surface area contributed by atoms with Crippen molar-refractivity contribution in [3.05, 3.63) is 12.7 Å². The summed E-state index contributed by atoms with van der Waals surface area (Å²) in [5.41, 5.74) is 0. The third kappa shape index (κ3) is 72.4. The molecule has 8 nitrogen and oxygen atoms in total. The summed E-state index contributed by atoms with van der Waals surface area (Å²) in [4.78, 5) is 21.6. The Labute approximate surface area is 341 Å². The van der Waals surface area contributed by atoms with Crippen molar-refractivity contribution < 1.29 is 57.5 Å². The standard InChI is InChI=1S/C12H26O2Si.C12H22O2.C6H20O2Si3.C6H18O2Si2.Pt/c1-14-12(13)10-8-6-4-2-3-5-7-9-11-15;1-3-4-5-6-7-8-9-10-11-12(13)14-2;1-10(2,3)7-9-8-11(4,5)6;1-9(2,3)7-8-10(4,5)6;/h2-11H2,1,15H3;3H,1,4-11H2,2H3;9H2,1-6H3;1-6H3;. The average molecular weight is 1010 g/mol. The zero-order chi connectivity index (χ0) is 39.5. The molecule has 0 atom stereocenters. The van der Waals surface area contributed by atoms with E-state index in [4.69, 9.17) is 17.4 Å². The second-order valence-corrected chi connectivity index (χ2v) is 37.5. The van der Waals surface area contributed by atoms with E-state index < -0.39 is 43.3 Å². The summed E-state index contributed by atoms with van der Waals surface area (Å²) in [6, 6.07) is 1.46. The molecule has 0 amide bonds. The van der Waals surface area contributed by atoms with Crippen LogP contribution in [0.25, 0.3) is 0 Å². The van der Waals surface area contributed by atoms with Crippen molar-refractivity contribution in [2.24, 2.45) is 0 Å². The minimum absolute atomic E-state index is 0. The number of ether oxygens (including phenoxy) is 2. The van der Waals surface area contributed by atoms with E-state index in [0.717, 1.165) is 25.7 Å². The van der Waals surface area contributed by atoms with Gasteiger partial charge in [-0.25, -0.2) is 0 Å². The Hall–Kier alpha value is 0.510. The van der Waals surface area contributed by atoms with Gasteiger partial charge in [0.25, 0.3) is 10.0 Å². The number of hydrogen-bond donors (Lipinski definition) is 0. The Kier molecular flexibility index (Phi) is 46.2. The predicted octanol–water partition coefficient (Wildman–Crippen LogP) is 10.2. The Bertz CT molecular complexity index is 756. The minimum atomic E-state index is -1.45. The number of carbonyl (C=O) groups excluding carboxylic acids is 2. The quantitative estimate of drug-likeness (QED) is 0.0212. The fourth-order valence-electron chi connectivity index (χ4n) is 3.68. The molecule has 0 aromatic carbocycles. The van der Waals surface area contributed by atoms with Gasteiger partial charge in [-0.2, -0.15) is 0 Å². The molecule has 51 heavy (non-hydrogen) atoms. The van der Waals surface area contributed by atoms with Gasteiger partial charge in [-0.05, 0) is 104 Å². The molecule has 0 aromatic heterocycles. The van der Waals surface area contributed by atoms with Crippen LogP contribution < -0.4 is 0 Å². The Balaban J connectivity index is -0.000000185. The van der Waals surface area contributed by atoms with Gasteiger partial charge in [-0.15, -0.1) is 6.58 Å². The number of unbranched alkanes of at least 4 members (excludes halogenated alkanes) is 13. The van der Waals surface area contributed by atoms with Crippen LogP contribution >= 0.6 is 0 Å². The molecule has 0 radical (unpaired) electrons. The fraction of sp³-hybridized carbons (Fsp3) is 0.889. The molecule has 0 unspecified atom stereocenters. The van der Waals surface area contributed by atoms with E-state index >= 15 is 0 Å². The Morgan fingerprint density at radius 1 is 0.529 bits per heavy atom. The van der Waals surface area contributed by atoms with Crippen molar-refractivity contribution in [1.82, 2.24) is 0 Å². The first-order valence-electron chi connectivity index (χ1n) is 19.4. The van der Waals surface area contributed by atoms with Crippen molar-refractivity contribution >= 4 is 65.5 Å². The van der Waals surface area contributed by atoms with Gasteiger partial charge < -0.3 is 17.7 Å². The smallest absolute Gasteiger partial charge is 0.305 e. The molecule has 0 aromatic rings. The first-order valence-corrected chi connectivity index (χ1v) is 35.6. The van der Waals surface area contributed by atoms with Crippen molar-refractivity contribution in [2.45, 2.75) is 194 Å². The first kappa shape index (κ1) is 60.8. The zero-order valence-electron chi connectivity index (χ0n) is 36.3. The number of carbonyl (C=O) groups is 2. The van der Waals surface area contributed by atoms with E-state index in [-0.39, 0.29) is 33.0 Å². The first-order chi connectivity index (χ1) is 23.0. The molecule has 0 N–H and O–H groups in total. The van der Waals surface area contributed by atoms with Crippen LogP contribution in [-0.2, 0) is 57.5 Å². The summed E-state index contributed by atoms with van der Waals surface area (Å²) in [6.07, 6.45) is 21.8. The van der Waals surface area contributed by atoms with E-state index in [9.17, 15) is 9.59 Å². The summed E-state index contributed by atoms with van der Waals surface area (Å²) >= 11 is 0. The van der Waals surface area contributed by atoms with E-state index in [1.54, 1.807) is 0 Å². The topological polar surface area (TPSA) is 89.5 Å². The van der Waals surface area contributed by atoms with Gasteiger partial charge in [-0.3, -0.25) is 18.7 Å². The monoisotopic (exact) mass is 1010 g/mol. The van der Waals surface area contributed by atoms with Crippen molar-refractivity contribution in [1.29, 1.82) is 0 Å². The SMILES string of the molecule is C=CCCCCCCCCC(=O)OC.COC(=O)CCCCCCCCCC[SiH3].C[Si](C)(C)OO[Si](C)(C)C.C[Si](C)(C)O[SiH2]O[Si](C)(C)C.[Pt]. The number of rotatable bonds is 26. The van der Waals surface area contributed by atoms with Gasteiger partial charge in [0.2, 0.25) is 16.6 Å². The van der Waals surface area contributed by atoms with Crippen LogP contribution in [0.1, 0.15) is 109 Å². The predicted molar refractivity (Wildman–Crippen MR) is 234 cm³/mol. The molecular formula is C36H86O8PtSi6. The molecule has 0 spiro atoms. The average Bonchev–Trinajstić information content (AvgIpc) is 2.99. The van der Waals surface area contributed by atoms with Gasteiger partial charge in [0, 0.05) is 44.1 Å². The van der Waals surface area contributed by atoms with Crippen LogP contribution in [0.15, 0.2) is 12.7 Å². The molecule has 0 aliphatic rings. The Morgan fingerprint density at radius 2 is 0.824 bits per heavy atom. The maximum atomic E-state index is 10.8. The van der Waals surface area contributed by atoms with Crippen LogP contribution in [0, 0.1) is 0 Å². The van der Waals surface area contributed by atoms with Gasteiger partial charge >= 0.3 is 11.9 Å². The third-order valence-corrected chi connectivity index (χ3v) is 16.4. The van der Waals surface area contributed by atoms with Crippen molar-refractivity contribution in [3.8, 4) is 0 Å². The van der Waals surface area contributed by atoms with Crippen LogP contribution in [0.2, 0.25) is 84.6 Å². The maximum Gasteiger partial charge on any atom is 0.305 e. The number of esters is 2. The maximum absolute atomic E-state index is 10.8. The number of methoxy groups -OCH3 is 2. The Morgan fingerprint density at radius 3 is 1.08 bits per heavy atom. The third-order valence-electron chi connectivity index (χ3n) is 6.50. The second kappa shape index (κ2) is 38.8. The molecule has 0 aliphatic heterocycles. The zero-order valence-corrected chi connectivity index (χ0v) is 46.0. The largest absolute Gasteiger partial charge is 0.469 e.